The number of aryl methyl sites for hydroxylation is 2. The zero-order chi connectivity index (χ0) is 30.1. The SMILES string of the molecule is [2H]C([2H])([2H])C(C)c1cc[n+](C)c(-c2c(C)ccc3c2oc2c(-c4ccc(C([2H])(C)C([2H])([2H])[2H])cc4)c(F)ccc23)c1. The summed E-state index contributed by atoms with van der Waals surface area (Å²) in [5.41, 5.74) is 5.08. The average molecular weight is 460 g/mol. The van der Waals surface area contributed by atoms with Crippen LogP contribution in [0.2, 0.25) is 0 Å². The fourth-order valence-corrected chi connectivity index (χ4v) is 4.56. The van der Waals surface area contributed by atoms with Gasteiger partial charge in [-0.05, 0) is 53.1 Å². The standard InChI is InChI=1S/C31H31FNO/c1-18(2)21-8-10-22(11-9-21)29-26(32)14-13-25-24-12-7-20(5)28(30(24)34-31(25)29)27-17-23(19(3)4)15-16-33(27)6/h7-19H,1-6H3/q+1/i1D3,3D3,18D. The first kappa shape index (κ1) is 15.4. The molecule has 2 unspecified atom stereocenters. The van der Waals surface area contributed by atoms with Crippen LogP contribution in [0.25, 0.3) is 44.3 Å². The van der Waals surface area contributed by atoms with E-state index < -0.39 is 31.3 Å². The van der Waals surface area contributed by atoms with Crippen LogP contribution in [-0.4, -0.2) is 0 Å². The third-order valence-corrected chi connectivity index (χ3v) is 6.50. The Bertz CT molecular complexity index is 1780. The second-order valence-corrected chi connectivity index (χ2v) is 8.92. The number of benzene rings is 3. The van der Waals surface area contributed by atoms with Crippen LogP contribution in [0.15, 0.2) is 71.3 Å². The molecule has 0 spiro atoms. The van der Waals surface area contributed by atoms with Crippen molar-refractivity contribution in [3.63, 3.8) is 0 Å². The van der Waals surface area contributed by atoms with Gasteiger partial charge in [-0.1, -0.05) is 63.9 Å². The van der Waals surface area contributed by atoms with Gasteiger partial charge in [0.05, 0.1) is 11.1 Å². The number of pyridine rings is 1. The fourth-order valence-electron chi connectivity index (χ4n) is 4.56. The van der Waals surface area contributed by atoms with E-state index >= 15 is 4.39 Å². The van der Waals surface area contributed by atoms with Crippen molar-refractivity contribution in [1.29, 1.82) is 0 Å². The molecular weight excluding hydrogens is 421 g/mol. The summed E-state index contributed by atoms with van der Waals surface area (Å²) in [5, 5.41) is 1.50. The summed E-state index contributed by atoms with van der Waals surface area (Å²) in [5.74, 6) is -2.98. The maximum Gasteiger partial charge on any atom is 0.216 e. The summed E-state index contributed by atoms with van der Waals surface area (Å²) in [6.07, 6.45) is 1.83. The molecule has 0 radical (unpaired) electrons. The van der Waals surface area contributed by atoms with Crippen LogP contribution in [0, 0.1) is 12.7 Å². The van der Waals surface area contributed by atoms with Gasteiger partial charge in [0.2, 0.25) is 5.69 Å². The van der Waals surface area contributed by atoms with Crippen LogP contribution in [0.5, 0.6) is 0 Å². The first-order valence-electron chi connectivity index (χ1n) is 14.8. The van der Waals surface area contributed by atoms with Gasteiger partial charge in [0.1, 0.15) is 24.0 Å². The molecule has 172 valence electrons. The van der Waals surface area contributed by atoms with Crippen molar-refractivity contribution in [2.75, 3.05) is 0 Å². The summed E-state index contributed by atoms with van der Waals surface area (Å²) in [6, 6.07) is 17.0. The molecule has 5 rings (SSSR count). The fraction of sp³-hybridized carbons (Fsp3) is 0.258. The lowest BCUT2D eigenvalue weighted by atomic mass is 9.96. The van der Waals surface area contributed by atoms with Gasteiger partial charge in [-0.15, -0.1) is 0 Å². The molecule has 0 bridgehead atoms. The summed E-state index contributed by atoms with van der Waals surface area (Å²) in [4.78, 5) is 0. The molecule has 0 saturated heterocycles. The Hall–Kier alpha value is -3.46. The Morgan fingerprint density at radius 3 is 2.29 bits per heavy atom. The molecule has 3 aromatic carbocycles. The predicted octanol–water partition coefficient (Wildman–Crippen LogP) is 8.44. The smallest absolute Gasteiger partial charge is 0.216 e. The highest BCUT2D eigenvalue weighted by atomic mass is 19.1. The Kier molecular flexibility index (Phi) is 3.81. The largest absolute Gasteiger partial charge is 0.454 e. The van der Waals surface area contributed by atoms with Crippen molar-refractivity contribution in [3.05, 3.63) is 89.4 Å². The normalized spacial score (nSPS) is 18.2. The molecule has 2 nitrogen and oxygen atoms in total. The van der Waals surface area contributed by atoms with Gasteiger partial charge in [0, 0.05) is 32.5 Å². The van der Waals surface area contributed by atoms with Crippen LogP contribution in [0.3, 0.4) is 0 Å². The van der Waals surface area contributed by atoms with Crippen molar-refractivity contribution >= 4 is 21.9 Å². The number of nitrogens with zero attached hydrogens (tertiary/aromatic N) is 1. The highest BCUT2D eigenvalue weighted by Gasteiger charge is 2.24. The van der Waals surface area contributed by atoms with Crippen LogP contribution in [0.1, 0.15) is 65.6 Å². The summed E-state index contributed by atoms with van der Waals surface area (Å²) in [6.45, 7) is 0.294. The second kappa shape index (κ2) is 8.39. The van der Waals surface area contributed by atoms with Crippen LogP contribution >= 0.6 is 0 Å². The molecule has 3 heteroatoms. The molecule has 5 aromatic rings. The van der Waals surface area contributed by atoms with Crippen LogP contribution < -0.4 is 4.57 Å². The molecule has 0 saturated carbocycles. The van der Waals surface area contributed by atoms with Crippen LogP contribution in [0.4, 0.5) is 4.39 Å². The van der Waals surface area contributed by atoms with E-state index in [-0.39, 0.29) is 5.56 Å². The molecule has 0 aliphatic heterocycles. The van der Waals surface area contributed by atoms with E-state index in [9.17, 15) is 0 Å². The minimum absolute atomic E-state index is 0.239. The van der Waals surface area contributed by atoms with Gasteiger partial charge < -0.3 is 4.42 Å². The van der Waals surface area contributed by atoms with Gasteiger partial charge in [-0.25, -0.2) is 8.96 Å². The lowest BCUT2D eigenvalue weighted by Crippen LogP contribution is -2.31. The van der Waals surface area contributed by atoms with E-state index in [0.29, 0.717) is 33.2 Å². The molecule has 34 heavy (non-hydrogen) atoms. The lowest BCUT2D eigenvalue weighted by molar-refractivity contribution is -0.660. The van der Waals surface area contributed by atoms with Crippen molar-refractivity contribution in [2.45, 2.75) is 46.3 Å². The van der Waals surface area contributed by atoms with Crippen LogP contribution in [-0.2, 0) is 7.05 Å². The average Bonchev–Trinajstić information content (AvgIpc) is 3.26. The molecule has 0 aliphatic carbocycles. The van der Waals surface area contributed by atoms with Gasteiger partial charge in [-0.2, -0.15) is 0 Å². The van der Waals surface area contributed by atoms with Gasteiger partial charge in [0.25, 0.3) is 0 Å². The number of aromatic nitrogens is 1. The second-order valence-electron chi connectivity index (χ2n) is 8.92. The van der Waals surface area contributed by atoms with Crippen molar-refractivity contribution < 1.29 is 23.0 Å². The van der Waals surface area contributed by atoms with E-state index in [0.717, 1.165) is 22.2 Å². The number of furan rings is 1. The summed E-state index contributed by atoms with van der Waals surface area (Å²) < 4.78 is 79.0. The lowest BCUT2D eigenvalue weighted by Gasteiger charge is -2.09. The third kappa shape index (κ3) is 3.60. The minimum atomic E-state index is -2.53. The zero-order valence-corrected chi connectivity index (χ0v) is 19.7. The van der Waals surface area contributed by atoms with Crippen molar-refractivity contribution in [2.24, 2.45) is 7.05 Å². The number of fused-ring (bicyclic) bond motifs is 3. The first-order valence-corrected chi connectivity index (χ1v) is 11.3. The topological polar surface area (TPSA) is 17.0 Å². The monoisotopic (exact) mass is 459 g/mol. The molecule has 2 atom stereocenters. The molecule has 2 aromatic heterocycles. The maximum atomic E-state index is 15.4. The Labute approximate surface area is 210 Å². The zero-order valence-electron chi connectivity index (χ0n) is 26.7. The van der Waals surface area contributed by atoms with Gasteiger partial charge in [-0.3, -0.25) is 0 Å². The highest BCUT2D eigenvalue weighted by Crippen LogP contribution is 2.42. The highest BCUT2D eigenvalue weighted by molar-refractivity contribution is 6.13. The Morgan fingerprint density at radius 1 is 0.882 bits per heavy atom. The first-order chi connectivity index (χ1) is 19.0. The molecular formula is C31H31FNO+. The number of hydrogen-bond donors (Lipinski definition) is 0. The maximum absolute atomic E-state index is 15.4. The summed E-state index contributed by atoms with van der Waals surface area (Å²) in [7, 11) is 1.88. The van der Waals surface area contributed by atoms with Crippen molar-refractivity contribution in [3.8, 4) is 22.4 Å². The Balaban J connectivity index is 1.73. The number of hydrogen-bond acceptors (Lipinski definition) is 1. The quantitative estimate of drug-likeness (QED) is 0.246. The molecule has 0 amide bonds. The van der Waals surface area contributed by atoms with E-state index in [2.05, 4.69) is 0 Å². The molecule has 2 heterocycles. The minimum Gasteiger partial charge on any atom is -0.454 e. The van der Waals surface area contributed by atoms with E-state index in [4.69, 9.17) is 14.0 Å². The number of halogens is 1. The van der Waals surface area contributed by atoms with E-state index in [1.165, 1.54) is 13.0 Å². The number of rotatable bonds is 4. The summed E-state index contributed by atoms with van der Waals surface area (Å²) >= 11 is 0. The van der Waals surface area contributed by atoms with E-state index in [1.807, 2.05) is 42.9 Å². The molecule has 0 aliphatic rings. The van der Waals surface area contributed by atoms with E-state index in [1.54, 1.807) is 43.3 Å². The molecule has 0 fully saturated rings. The van der Waals surface area contributed by atoms with Gasteiger partial charge >= 0.3 is 0 Å². The van der Waals surface area contributed by atoms with Crippen molar-refractivity contribution in [1.82, 2.24) is 0 Å². The van der Waals surface area contributed by atoms with Gasteiger partial charge in [0.15, 0.2) is 6.20 Å². The third-order valence-electron chi connectivity index (χ3n) is 6.50. The molecule has 0 N–H and O–H groups in total. The predicted molar refractivity (Wildman–Crippen MR) is 139 cm³/mol. The Morgan fingerprint density at radius 2 is 1.59 bits per heavy atom.